The first kappa shape index (κ1) is 22.1. The Morgan fingerprint density at radius 2 is 1.69 bits per heavy atom. The lowest BCUT2D eigenvalue weighted by molar-refractivity contribution is 0.313. The highest BCUT2D eigenvalue weighted by Gasteiger charge is 2.16. The molecule has 0 atom stereocenters. The van der Waals surface area contributed by atoms with Gasteiger partial charge >= 0.3 is 0 Å². The smallest absolute Gasteiger partial charge is 0.0741 e. The highest BCUT2D eigenvalue weighted by molar-refractivity contribution is 6.03. The number of likely N-dealkylation sites (N-methyl/N-ethyl adjacent to an activating group) is 1. The van der Waals surface area contributed by atoms with Gasteiger partial charge in [0.25, 0.3) is 0 Å². The molecule has 0 unspecified atom stereocenters. The van der Waals surface area contributed by atoms with Crippen molar-refractivity contribution in [1.82, 2.24) is 14.7 Å². The van der Waals surface area contributed by atoms with Gasteiger partial charge in [0.2, 0.25) is 0 Å². The van der Waals surface area contributed by atoms with Crippen molar-refractivity contribution in [2.24, 2.45) is 0 Å². The second-order valence-corrected chi connectivity index (χ2v) is 8.83. The summed E-state index contributed by atoms with van der Waals surface area (Å²) in [6.07, 6.45) is 2.56. The van der Waals surface area contributed by atoms with Crippen molar-refractivity contribution in [1.29, 1.82) is 5.41 Å². The van der Waals surface area contributed by atoms with Crippen molar-refractivity contribution in [2.45, 2.75) is 33.2 Å². The highest BCUT2D eigenvalue weighted by atomic mass is 15.3. The molecule has 4 rings (SSSR count). The third-order valence-corrected chi connectivity index (χ3v) is 6.04. The molecule has 6 nitrogen and oxygen atoms in total. The summed E-state index contributed by atoms with van der Waals surface area (Å²) in [5.74, 6) is 0. The Morgan fingerprint density at radius 3 is 2.34 bits per heavy atom. The van der Waals surface area contributed by atoms with Crippen molar-refractivity contribution in [3.05, 3.63) is 60.3 Å². The van der Waals surface area contributed by atoms with E-state index in [4.69, 9.17) is 5.41 Å². The maximum absolute atomic E-state index is 8.34. The first-order valence-corrected chi connectivity index (χ1v) is 11.5. The summed E-state index contributed by atoms with van der Waals surface area (Å²) in [6.45, 7) is 10.6. The van der Waals surface area contributed by atoms with Crippen LogP contribution in [0.2, 0.25) is 0 Å². The Kier molecular flexibility index (Phi) is 6.61. The molecule has 0 aliphatic carbocycles. The summed E-state index contributed by atoms with van der Waals surface area (Å²) >= 11 is 0. The van der Waals surface area contributed by atoms with Gasteiger partial charge < -0.3 is 20.5 Å². The van der Waals surface area contributed by atoms with Crippen LogP contribution in [0.5, 0.6) is 0 Å². The van der Waals surface area contributed by atoms with Crippen LogP contribution in [0, 0.1) is 5.41 Å². The van der Waals surface area contributed by atoms with Crippen LogP contribution in [-0.4, -0.2) is 59.7 Å². The van der Waals surface area contributed by atoms with E-state index in [0.717, 1.165) is 54.4 Å². The standard InChI is InChI=1S/C26H34N6/c1-5-24(27)23-11-6-20(18-25(23)29-19(2)3)26-12-13-28-32(26)22-9-7-21(8-10-22)31-16-14-30(4)15-17-31/h6-13,18-19,27,29H,5,14-17H2,1-4H3. The number of aromatic nitrogens is 2. The molecule has 1 aliphatic rings. The van der Waals surface area contributed by atoms with Gasteiger partial charge in [0.05, 0.1) is 17.6 Å². The number of hydrogen-bond donors (Lipinski definition) is 2. The minimum Gasteiger partial charge on any atom is -0.382 e. The fraction of sp³-hybridized carbons (Fsp3) is 0.385. The summed E-state index contributed by atoms with van der Waals surface area (Å²) in [6, 6.07) is 17.3. The number of benzene rings is 2. The number of nitrogens with zero attached hydrogens (tertiary/aromatic N) is 4. The zero-order chi connectivity index (χ0) is 22.7. The molecule has 1 fully saturated rings. The topological polar surface area (TPSA) is 60.2 Å². The Morgan fingerprint density at radius 1 is 1.00 bits per heavy atom. The third kappa shape index (κ3) is 4.70. The second kappa shape index (κ2) is 9.57. The number of rotatable bonds is 7. The Balaban J connectivity index is 1.63. The molecule has 2 heterocycles. The molecule has 32 heavy (non-hydrogen) atoms. The van der Waals surface area contributed by atoms with Gasteiger partial charge in [-0.05, 0) is 63.7 Å². The average molecular weight is 431 g/mol. The van der Waals surface area contributed by atoms with Crippen molar-refractivity contribution in [3.8, 4) is 16.9 Å². The molecule has 1 saturated heterocycles. The van der Waals surface area contributed by atoms with Crippen LogP contribution in [-0.2, 0) is 0 Å². The van der Waals surface area contributed by atoms with Gasteiger partial charge in [-0.25, -0.2) is 4.68 Å². The summed E-state index contributed by atoms with van der Waals surface area (Å²) < 4.78 is 1.99. The van der Waals surface area contributed by atoms with Crippen molar-refractivity contribution < 1.29 is 0 Å². The monoisotopic (exact) mass is 430 g/mol. The van der Waals surface area contributed by atoms with Gasteiger partial charge in [0.15, 0.2) is 0 Å². The van der Waals surface area contributed by atoms with Crippen LogP contribution >= 0.6 is 0 Å². The molecule has 6 heteroatoms. The summed E-state index contributed by atoms with van der Waals surface area (Å²) in [5, 5.41) is 16.5. The zero-order valence-electron chi connectivity index (χ0n) is 19.6. The van der Waals surface area contributed by atoms with Crippen molar-refractivity contribution in [2.75, 3.05) is 43.4 Å². The van der Waals surface area contributed by atoms with E-state index < -0.39 is 0 Å². The minimum absolute atomic E-state index is 0.292. The summed E-state index contributed by atoms with van der Waals surface area (Å²) in [7, 11) is 2.18. The Bertz CT molecular complexity index is 1060. The van der Waals surface area contributed by atoms with E-state index >= 15 is 0 Å². The van der Waals surface area contributed by atoms with Crippen molar-refractivity contribution >= 4 is 17.1 Å². The van der Waals surface area contributed by atoms with Gasteiger partial charge in [-0.15, -0.1) is 0 Å². The molecule has 0 saturated carbocycles. The fourth-order valence-corrected chi connectivity index (χ4v) is 4.18. The van der Waals surface area contributed by atoms with Crippen LogP contribution in [0.4, 0.5) is 11.4 Å². The first-order valence-electron chi connectivity index (χ1n) is 11.5. The largest absolute Gasteiger partial charge is 0.382 e. The minimum atomic E-state index is 0.292. The van der Waals surface area contributed by atoms with E-state index in [-0.39, 0.29) is 0 Å². The van der Waals surface area contributed by atoms with E-state index in [9.17, 15) is 0 Å². The van der Waals surface area contributed by atoms with Gasteiger partial charge in [-0.2, -0.15) is 5.10 Å². The third-order valence-electron chi connectivity index (χ3n) is 6.04. The normalized spacial score (nSPS) is 14.7. The summed E-state index contributed by atoms with van der Waals surface area (Å²) in [5.41, 5.74) is 7.05. The molecule has 1 aliphatic heterocycles. The molecule has 0 amide bonds. The van der Waals surface area contributed by atoms with E-state index in [1.54, 1.807) is 0 Å². The lowest BCUT2D eigenvalue weighted by Crippen LogP contribution is -2.44. The Labute approximate surface area is 191 Å². The maximum Gasteiger partial charge on any atom is 0.0741 e. The molecule has 0 radical (unpaired) electrons. The average Bonchev–Trinajstić information content (AvgIpc) is 3.29. The maximum atomic E-state index is 8.34. The summed E-state index contributed by atoms with van der Waals surface area (Å²) in [4.78, 5) is 4.82. The number of nitrogens with one attached hydrogen (secondary N) is 2. The molecule has 1 aromatic heterocycles. The van der Waals surface area contributed by atoms with Gasteiger partial charge in [0, 0.05) is 60.4 Å². The van der Waals surface area contributed by atoms with Gasteiger partial charge in [0.1, 0.15) is 0 Å². The molecule has 0 bridgehead atoms. The molecule has 3 aromatic rings. The molecule has 0 spiro atoms. The highest BCUT2D eigenvalue weighted by Crippen LogP contribution is 2.29. The van der Waals surface area contributed by atoms with Crippen LogP contribution in [0.3, 0.4) is 0 Å². The quantitative estimate of drug-likeness (QED) is 0.524. The van der Waals surface area contributed by atoms with Crippen molar-refractivity contribution in [3.63, 3.8) is 0 Å². The lowest BCUT2D eigenvalue weighted by Gasteiger charge is -2.34. The first-order chi connectivity index (χ1) is 15.5. The second-order valence-electron chi connectivity index (χ2n) is 8.83. The molecular formula is C26H34N6. The van der Waals surface area contributed by atoms with Crippen LogP contribution in [0.25, 0.3) is 16.9 Å². The van der Waals surface area contributed by atoms with E-state index in [2.05, 4.69) is 83.6 Å². The predicted octanol–water partition coefficient (Wildman–Crippen LogP) is 4.89. The molecule has 2 N–H and O–H groups in total. The molecule has 2 aromatic carbocycles. The fourth-order valence-electron chi connectivity index (χ4n) is 4.18. The van der Waals surface area contributed by atoms with E-state index in [0.29, 0.717) is 18.2 Å². The van der Waals surface area contributed by atoms with Gasteiger partial charge in [-0.3, -0.25) is 0 Å². The van der Waals surface area contributed by atoms with Crippen LogP contribution in [0.15, 0.2) is 54.7 Å². The van der Waals surface area contributed by atoms with Gasteiger partial charge in [-0.1, -0.05) is 19.1 Å². The number of anilines is 2. The molecular weight excluding hydrogens is 396 g/mol. The predicted molar refractivity (Wildman–Crippen MR) is 135 cm³/mol. The van der Waals surface area contributed by atoms with Crippen LogP contribution < -0.4 is 10.2 Å². The number of hydrogen-bond acceptors (Lipinski definition) is 5. The SMILES string of the molecule is CCC(=N)c1ccc(-c2ccnn2-c2ccc(N3CCN(C)CC3)cc2)cc1NC(C)C. The Hall–Kier alpha value is -3.12. The molecule has 168 valence electrons. The van der Waals surface area contributed by atoms with Crippen LogP contribution in [0.1, 0.15) is 32.8 Å². The lowest BCUT2D eigenvalue weighted by atomic mass is 10.0. The van der Waals surface area contributed by atoms with E-state index in [1.165, 1.54) is 5.69 Å². The van der Waals surface area contributed by atoms with E-state index in [1.807, 2.05) is 23.9 Å². The zero-order valence-corrected chi connectivity index (χ0v) is 19.6. The number of piperazine rings is 1.